The second-order valence-corrected chi connectivity index (χ2v) is 6.99. The first kappa shape index (κ1) is 14.6. The van der Waals surface area contributed by atoms with Gasteiger partial charge in [-0.15, -0.1) is 29.1 Å². The van der Waals surface area contributed by atoms with Crippen LogP contribution in [0.15, 0.2) is 29.6 Å². The van der Waals surface area contributed by atoms with Crippen molar-refractivity contribution in [1.82, 2.24) is 5.32 Å². The number of terminal acetylenes is 1. The number of hydrogen-bond acceptors (Lipinski definition) is 3. The van der Waals surface area contributed by atoms with E-state index in [1.165, 1.54) is 9.75 Å². The molecule has 0 aromatic carbocycles. The molecule has 0 radical (unpaired) electrons. The molecule has 1 N–H and O–H groups in total. The summed E-state index contributed by atoms with van der Waals surface area (Å²) in [4.78, 5) is 2.48. The lowest BCUT2D eigenvalue weighted by Crippen LogP contribution is -2.31. The van der Waals surface area contributed by atoms with Crippen molar-refractivity contribution in [1.29, 1.82) is 0 Å². The summed E-state index contributed by atoms with van der Waals surface area (Å²) in [5, 5.41) is 5.65. The molecule has 0 aliphatic carbocycles. The van der Waals surface area contributed by atoms with Crippen LogP contribution >= 0.6 is 34.3 Å². The Morgan fingerprint density at radius 1 is 1.37 bits per heavy atom. The lowest BCUT2D eigenvalue weighted by atomic mass is 10.1. The zero-order valence-electron chi connectivity index (χ0n) is 10.7. The fourth-order valence-electron chi connectivity index (χ4n) is 1.95. The molecule has 0 aliphatic heterocycles. The van der Waals surface area contributed by atoms with Crippen LogP contribution in [0.3, 0.4) is 0 Å². The van der Waals surface area contributed by atoms with Crippen LogP contribution in [0.2, 0.25) is 4.34 Å². The molecule has 19 heavy (non-hydrogen) atoms. The molecular formula is C15H16ClNS2. The molecule has 2 heterocycles. The summed E-state index contributed by atoms with van der Waals surface area (Å²) in [6.07, 6.45) is 7.67. The lowest BCUT2D eigenvalue weighted by Gasteiger charge is -2.20. The Labute approximate surface area is 127 Å². The van der Waals surface area contributed by atoms with Crippen molar-refractivity contribution in [2.75, 3.05) is 0 Å². The molecule has 0 spiro atoms. The largest absolute Gasteiger partial charge is 0.291 e. The van der Waals surface area contributed by atoms with Gasteiger partial charge in [0, 0.05) is 9.75 Å². The van der Waals surface area contributed by atoms with Crippen molar-refractivity contribution in [3.63, 3.8) is 0 Å². The quantitative estimate of drug-likeness (QED) is 0.745. The van der Waals surface area contributed by atoms with Gasteiger partial charge in [0.2, 0.25) is 0 Å². The van der Waals surface area contributed by atoms with E-state index in [1.54, 1.807) is 22.7 Å². The molecule has 2 aromatic heterocycles. The topological polar surface area (TPSA) is 12.0 Å². The van der Waals surface area contributed by atoms with E-state index < -0.39 is 0 Å². The van der Waals surface area contributed by atoms with Crippen LogP contribution in [0.25, 0.3) is 0 Å². The summed E-state index contributed by atoms with van der Waals surface area (Å²) in [7, 11) is 0. The molecule has 4 heteroatoms. The molecular weight excluding hydrogens is 294 g/mol. The summed E-state index contributed by atoms with van der Waals surface area (Å²) in [6, 6.07) is 8.45. The van der Waals surface area contributed by atoms with Crippen molar-refractivity contribution >= 4 is 34.3 Å². The van der Waals surface area contributed by atoms with E-state index >= 15 is 0 Å². The van der Waals surface area contributed by atoms with Gasteiger partial charge in [-0.25, -0.2) is 0 Å². The zero-order valence-corrected chi connectivity index (χ0v) is 13.1. The van der Waals surface area contributed by atoms with E-state index in [2.05, 4.69) is 41.7 Å². The molecule has 2 atom stereocenters. The molecule has 2 unspecified atom stereocenters. The second-order valence-electron chi connectivity index (χ2n) is 4.26. The van der Waals surface area contributed by atoms with Crippen molar-refractivity contribution in [2.24, 2.45) is 0 Å². The van der Waals surface area contributed by atoms with Crippen LogP contribution in [-0.2, 0) is 0 Å². The predicted molar refractivity (Wildman–Crippen MR) is 86.2 cm³/mol. The summed E-state index contributed by atoms with van der Waals surface area (Å²) < 4.78 is 0.811. The van der Waals surface area contributed by atoms with Crippen molar-refractivity contribution in [3.05, 3.63) is 43.7 Å². The third kappa shape index (κ3) is 3.84. The molecule has 2 rings (SSSR count). The summed E-state index contributed by atoms with van der Waals surface area (Å²) in [5.74, 6) is 2.84. The number of nitrogens with one attached hydrogen (secondary N) is 1. The van der Waals surface area contributed by atoms with Gasteiger partial charge in [0.25, 0.3) is 0 Å². The molecule has 0 saturated heterocycles. The maximum atomic E-state index is 6.05. The van der Waals surface area contributed by atoms with E-state index in [0.29, 0.717) is 0 Å². The van der Waals surface area contributed by atoms with E-state index in [4.69, 9.17) is 18.0 Å². The van der Waals surface area contributed by atoms with Gasteiger partial charge in [-0.2, -0.15) is 0 Å². The molecule has 1 nitrogen and oxygen atoms in total. The van der Waals surface area contributed by atoms with Gasteiger partial charge in [0.15, 0.2) is 0 Å². The third-order valence-corrected chi connectivity index (χ3v) is 5.09. The fraction of sp³-hybridized carbons (Fsp3) is 0.333. The molecule has 0 amide bonds. The summed E-state index contributed by atoms with van der Waals surface area (Å²) in [5.41, 5.74) is 0. The first-order valence-corrected chi connectivity index (χ1v) is 8.32. The Morgan fingerprint density at radius 3 is 2.74 bits per heavy atom. The van der Waals surface area contributed by atoms with Gasteiger partial charge >= 0.3 is 0 Å². The minimum Gasteiger partial charge on any atom is -0.291 e. The van der Waals surface area contributed by atoms with Crippen LogP contribution in [0.5, 0.6) is 0 Å². The smallest absolute Gasteiger partial charge is 0.0931 e. The molecule has 0 fully saturated rings. The standard InChI is InChI=1S/C15H16ClNS2/c1-3-6-11(4-2)17-15(12-7-5-10-18-12)13-8-9-14(16)19-13/h2,5,7-11,15,17H,3,6H2,1H3. The number of thiophene rings is 2. The first-order valence-electron chi connectivity index (χ1n) is 6.25. The van der Waals surface area contributed by atoms with Crippen molar-refractivity contribution in [2.45, 2.75) is 31.8 Å². The highest BCUT2D eigenvalue weighted by atomic mass is 35.5. The third-order valence-electron chi connectivity index (χ3n) is 2.85. The van der Waals surface area contributed by atoms with E-state index in [1.807, 2.05) is 6.07 Å². The Bertz CT molecular complexity index is 539. The Hall–Kier alpha value is -0.790. The minimum absolute atomic E-state index is 0.0953. The SMILES string of the molecule is C#CC(CCC)NC(c1cccs1)c1ccc(Cl)s1. The van der Waals surface area contributed by atoms with E-state index in [-0.39, 0.29) is 12.1 Å². The number of halogens is 1. The second kappa shape index (κ2) is 7.12. The molecule has 0 saturated carbocycles. The van der Waals surface area contributed by atoms with Crippen LogP contribution in [0, 0.1) is 12.3 Å². The van der Waals surface area contributed by atoms with Gasteiger partial charge in [0.05, 0.1) is 16.4 Å². The monoisotopic (exact) mass is 309 g/mol. The normalized spacial score (nSPS) is 13.9. The molecule has 0 bridgehead atoms. The van der Waals surface area contributed by atoms with Crippen LogP contribution in [0.4, 0.5) is 0 Å². The fourth-order valence-corrected chi connectivity index (χ4v) is 3.97. The summed E-state index contributed by atoms with van der Waals surface area (Å²) >= 11 is 9.40. The predicted octanol–water partition coefficient (Wildman–Crippen LogP) is 4.94. The van der Waals surface area contributed by atoms with Crippen LogP contribution in [0.1, 0.15) is 35.6 Å². The summed E-state index contributed by atoms with van der Waals surface area (Å²) in [6.45, 7) is 2.15. The highest BCUT2D eigenvalue weighted by molar-refractivity contribution is 7.16. The van der Waals surface area contributed by atoms with Gasteiger partial charge < -0.3 is 0 Å². The van der Waals surface area contributed by atoms with E-state index in [0.717, 1.165) is 17.2 Å². The average molecular weight is 310 g/mol. The van der Waals surface area contributed by atoms with Gasteiger partial charge in [-0.05, 0) is 30.0 Å². The van der Waals surface area contributed by atoms with Crippen LogP contribution < -0.4 is 5.32 Å². The maximum absolute atomic E-state index is 6.05. The first-order chi connectivity index (χ1) is 9.24. The Morgan fingerprint density at radius 2 is 2.21 bits per heavy atom. The van der Waals surface area contributed by atoms with E-state index in [9.17, 15) is 0 Å². The minimum atomic E-state index is 0.0953. The van der Waals surface area contributed by atoms with Crippen molar-refractivity contribution < 1.29 is 0 Å². The number of rotatable bonds is 6. The lowest BCUT2D eigenvalue weighted by molar-refractivity contribution is 0.523. The Kier molecular flexibility index (Phi) is 5.47. The zero-order chi connectivity index (χ0) is 13.7. The molecule has 0 aliphatic rings. The average Bonchev–Trinajstić information content (AvgIpc) is 3.06. The Balaban J connectivity index is 2.23. The van der Waals surface area contributed by atoms with Gasteiger partial charge in [0.1, 0.15) is 0 Å². The van der Waals surface area contributed by atoms with Gasteiger partial charge in [-0.3, -0.25) is 5.32 Å². The molecule has 2 aromatic rings. The molecule has 100 valence electrons. The highest BCUT2D eigenvalue weighted by Gasteiger charge is 2.19. The van der Waals surface area contributed by atoms with Gasteiger partial charge in [-0.1, -0.05) is 36.9 Å². The maximum Gasteiger partial charge on any atom is 0.0931 e. The number of hydrogen-bond donors (Lipinski definition) is 1. The van der Waals surface area contributed by atoms with Crippen molar-refractivity contribution in [3.8, 4) is 12.3 Å². The highest BCUT2D eigenvalue weighted by Crippen LogP contribution is 2.33. The van der Waals surface area contributed by atoms with Crippen LogP contribution in [-0.4, -0.2) is 6.04 Å².